The van der Waals surface area contributed by atoms with Crippen LogP contribution in [-0.2, 0) is 28.6 Å². The fourth-order valence-electron chi connectivity index (χ4n) is 9.81. The molecule has 0 aliphatic heterocycles. The van der Waals surface area contributed by atoms with Gasteiger partial charge in [-0.3, -0.25) is 14.4 Å². The molecule has 6 nitrogen and oxygen atoms in total. The first-order valence-electron chi connectivity index (χ1n) is 32.5. The topological polar surface area (TPSA) is 78.9 Å². The van der Waals surface area contributed by atoms with Gasteiger partial charge in [0, 0.05) is 19.3 Å². The summed E-state index contributed by atoms with van der Waals surface area (Å²) >= 11 is 0. The SMILES string of the molecule is CC/C=C\C/C=C\C/C=C\CCCCCCCCCC(=O)OC(COC(=O)CCCCCCCCCCCCCC)COC(=O)CCCCCCCCCCCCCCCCCCCCCCCCCCCC. The van der Waals surface area contributed by atoms with Crippen LogP contribution in [0.25, 0.3) is 0 Å². The lowest BCUT2D eigenvalue weighted by Crippen LogP contribution is -2.30. The molecule has 0 aromatic rings. The molecule has 0 spiro atoms. The molecule has 0 aromatic carbocycles. The second kappa shape index (κ2) is 62.2. The van der Waals surface area contributed by atoms with E-state index in [1.165, 1.54) is 231 Å². The van der Waals surface area contributed by atoms with E-state index >= 15 is 0 Å². The third-order valence-corrected chi connectivity index (χ3v) is 14.7. The number of ether oxygens (including phenoxy) is 3. The Labute approximate surface area is 455 Å². The van der Waals surface area contributed by atoms with E-state index in [-0.39, 0.29) is 31.1 Å². The predicted octanol–water partition coefficient (Wildman–Crippen LogP) is 22.0. The maximum Gasteiger partial charge on any atom is 0.306 e. The number of esters is 3. The number of carbonyl (C=O) groups excluding carboxylic acids is 3. The summed E-state index contributed by atoms with van der Waals surface area (Å²) in [7, 11) is 0. The minimum atomic E-state index is -0.774. The van der Waals surface area contributed by atoms with Gasteiger partial charge in [-0.05, 0) is 51.4 Å². The van der Waals surface area contributed by atoms with Gasteiger partial charge in [0.1, 0.15) is 13.2 Å². The molecule has 1 unspecified atom stereocenters. The molecule has 73 heavy (non-hydrogen) atoms. The zero-order chi connectivity index (χ0) is 52.9. The number of rotatable bonds is 60. The van der Waals surface area contributed by atoms with E-state index in [0.717, 1.165) is 83.5 Å². The van der Waals surface area contributed by atoms with Crippen LogP contribution in [0.15, 0.2) is 36.5 Å². The molecule has 0 aliphatic rings. The summed E-state index contributed by atoms with van der Waals surface area (Å²) in [5.41, 5.74) is 0. The first kappa shape index (κ1) is 70.6. The molecule has 0 rings (SSSR count). The summed E-state index contributed by atoms with van der Waals surface area (Å²) in [6.07, 6.45) is 75.9. The van der Waals surface area contributed by atoms with Crippen molar-refractivity contribution in [1.82, 2.24) is 0 Å². The molecule has 428 valence electrons. The van der Waals surface area contributed by atoms with Gasteiger partial charge in [0.15, 0.2) is 6.10 Å². The van der Waals surface area contributed by atoms with Gasteiger partial charge in [-0.15, -0.1) is 0 Å². The van der Waals surface area contributed by atoms with Crippen molar-refractivity contribution in [2.45, 2.75) is 361 Å². The Kier molecular flexibility index (Phi) is 60.2. The maximum atomic E-state index is 12.9. The molecule has 0 saturated carbocycles. The van der Waals surface area contributed by atoms with Crippen LogP contribution in [0.5, 0.6) is 0 Å². The lowest BCUT2D eigenvalue weighted by molar-refractivity contribution is -0.167. The molecule has 0 radical (unpaired) electrons. The highest BCUT2D eigenvalue weighted by Crippen LogP contribution is 2.18. The fraction of sp³-hybridized carbons (Fsp3) is 0.866. The van der Waals surface area contributed by atoms with Gasteiger partial charge in [-0.1, -0.05) is 320 Å². The van der Waals surface area contributed by atoms with E-state index in [2.05, 4.69) is 57.2 Å². The third-order valence-electron chi connectivity index (χ3n) is 14.7. The lowest BCUT2D eigenvalue weighted by Gasteiger charge is -2.18. The number of carbonyl (C=O) groups is 3. The van der Waals surface area contributed by atoms with Crippen LogP contribution in [0.2, 0.25) is 0 Å². The lowest BCUT2D eigenvalue weighted by atomic mass is 10.0. The molecule has 0 fully saturated rings. The van der Waals surface area contributed by atoms with Crippen LogP contribution in [0.4, 0.5) is 0 Å². The summed E-state index contributed by atoms with van der Waals surface area (Å²) in [5, 5.41) is 0. The standard InChI is InChI=1S/C67H124O6/c1-4-7-10-13-16-19-22-25-27-29-30-31-32-33-34-35-36-37-39-40-42-45-48-51-54-57-60-66(69)72-63-64(62-71-65(68)59-56-53-50-47-44-24-21-18-15-12-9-6-3)73-67(70)61-58-55-52-49-46-43-41-38-28-26-23-20-17-14-11-8-5-2/h8,11,17,20,26,28,64H,4-7,9-10,12-16,18-19,21-25,27,29-63H2,1-3H3/b11-8-,20-17-,28-26-. The van der Waals surface area contributed by atoms with Crippen molar-refractivity contribution in [3.8, 4) is 0 Å². The van der Waals surface area contributed by atoms with Crippen molar-refractivity contribution in [2.75, 3.05) is 13.2 Å². The monoisotopic (exact) mass is 1020 g/mol. The zero-order valence-corrected chi connectivity index (χ0v) is 49.2. The molecule has 0 aliphatic carbocycles. The van der Waals surface area contributed by atoms with Crippen LogP contribution >= 0.6 is 0 Å². The predicted molar refractivity (Wildman–Crippen MR) is 316 cm³/mol. The molecular weight excluding hydrogens is 901 g/mol. The van der Waals surface area contributed by atoms with Gasteiger partial charge < -0.3 is 14.2 Å². The van der Waals surface area contributed by atoms with Gasteiger partial charge >= 0.3 is 17.9 Å². The van der Waals surface area contributed by atoms with Crippen molar-refractivity contribution in [3.63, 3.8) is 0 Å². The average molecular weight is 1030 g/mol. The van der Waals surface area contributed by atoms with E-state index in [9.17, 15) is 14.4 Å². The van der Waals surface area contributed by atoms with E-state index in [4.69, 9.17) is 14.2 Å². The van der Waals surface area contributed by atoms with Crippen LogP contribution in [0.1, 0.15) is 355 Å². The second-order valence-corrected chi connectivity index (χ2v) is 22.0. The number of allylic oxidation sites excluding steroid dienone is 6. The molecule has 0 saturated heterocycles. The van der Waals surface area contributed by atoms with Gasteiger partial charge in [-0.2, -0.15) is 0 Å². The van der Waals surface area contributed by atoms with E-state index < -0.39 is 6.10 Å². The maximum absolute atomic E-state index is 12.9. The van der Waals surface area contributed by atoms with Crippen LogP contribution in [0.3, 0.4) is 0 Å². The first-order valence-corrected chi connectivity index (χ1v) is 32.5. The highest BCUT2D eigenvalue weighted by atomic mass is 16.6. The molecule has 6 heteroatoms. The highest BCUT2D eigenvalue weighted by molar-refractivity contribution is 5.71. The van der Waals surface area contributed by atoms with E-state index in [1.54, 1.807) is 0 Å². The molecule has 0 amide bonds. The summed E-state index contributed by atoms with van der Waals surface area (Å²) in [6.45, 7) is 6.58. The normalized spacial score (nSPS) is 12.2. The Morgan fingerprint density at radius 1 is 0.288 bits per heavy atom. The summed E-state index contributed by atoms with van der Waals surface area (Å²) in [4.78, 5) is 38.3. The van der Waals surface area contributed by atoms with Crippen molar-refractivity contribution < 1.29 is 28.6 Å². The summed E-state index contributed by atoms with van der Waals surface area (Å²) in [5.74, 6) is -0.857. The van der Waals surface area contributed by atoms with Crippen LogP contribution in [-0.4, -0.2) is 37.2 Å². The minimum absolute atomic E-state index is 0.0710. The number of unbranched alkanes of at least 4 members (excludes halogenated alkanes) is 43. The average Bonchev–Trinajstić information content (AvgIpc) is 3.39. The van der Waals surface area contributed by atoms with Gasteiger partial charge in [0.2, 0.25) is 0 Å². The number of hydrogen-bond donors (Lipinski definition) is 0. The second-order valence-electron chi connectivity index (χ2n) is 22.0. The van der Waals surface area contributed by atoms with Gasteiger partial charge in [0.25, 0.3) is 0 Å². The molecule has 0 bridgehead atoms. The van der Waals surface area contributed by atoms with Crippen molar-refractivity contribution in [1.29, 1.82) is 0 Å². The zero-order valence-electron chi connectivity index (χ0n) is 49.2. The Morgan fingerprint density at radius 3 is 0.836 bits per heavy atom. The third kappa shape index (κ3) is 60.4. The number of hydrogen-bond acceptors (Lipinski definition) is 6. The molecule has 1 atom stereocenters. The Morgan fingerprint density at radius 2 is 0.534 bits per heavy atom. The van der Waals surface area contributed by atoms with Crippen LogP contribution in [0, 0.1) is 0 Å². The molecular formula is C67H124O6. The minimum Gasteiger partial charge on any atom is -0.462 e. The Hall–Kier alpha value is -2.37. The van der Waals surface area contributed by atoms with Crippen molar-refractivity contribution in [3.05, 3.63) is 36.5 Å². The molecule has 0 heterocycles. The molecule has 0 N–H and O–H groups in total. The van der Waals surface area contributed by atoms with Crippen molar-refractivity contribution in [2.24, 2.45) is 0 Å². The molecule has 0 aromatic heterocycles. The summed E-state index contributed by atoms with van der Waals surface area (Å²) < 4.78 is 16.9. The van der Waals surface area contributed by atoms with Crippen molar-refractivity contribution >= 4 is 17.9 Å². The largest absolute Gasteiger partial charge is 0.462 e. The fourth-order valence-corrected chi connectivity index (χ4v) is 9.81. The van der Waals surface area contributed by atoms with E-state index in [0.29, 0.717) is 19.3 Å². The highest BCUT2D eigenvalue weighted by Gasteiger charge is 2.19. The Balaban J connectivity index is 4.19. The smallest absolute Gasteiger partial charge is 0.306 e. The first-order chi connectivity index (χ1) is 36.0. The van der Waals surface area contributed by atoms with Crippen LogP contribution < -0.4 is 0 Å². The van der Waals surface area contributed by atoms with Gasteiger partial charge in [-0.25, -0.2) is 0 Å². The Bertz CT molecular complexity index is 1220. The van der Waals surface area contributed by atoms with E-state index in [1.807, 2.05) is 0 Å². The van der Waals surface area contributed by atoms with Gasteiger partial charge in [0.05, 0.1) is 0 Å². The quantitative estimate of drug-likeness (QED) is 0.0261. The summed E-state index contributed by atoms with van der Waals surface area (Å²) in [6, 6.07) is 0.